The zero-order valence-corrected chi connectivity index (χ0v) is 17.1. The van der Waals surface area contributed by atoms with Crippen molar-refractivity contribution in [2.45, 2.75) is 18.9 Å². The van der Waals surface area contributed by atoms with E-state index in [1.54, 1.807) is 17.5 Å². The van der Waals surface area contributed by atoms with E-state index < -0.39 is 0 Å². The number of halogens is 1. The van der Waals surface area contributed by atoms with Gasteiger partial charge in [-0.3, -0.25) is 4.79 Å². The van der Waals surface area contributed by atoms with Crippen LogP contribution in [0.3, 0.4) is 0 Å². The Hall–Kier alpha value is -2.89. The summed E-state index contributed by atoms with van der Waals surface area (Å²) in [5.74, 6) is 1.20. The lowest BCUT2D eigenvalue weighted by molar-refractivity contribution is -0.121. The second-order valence-electron chi connectivity index (χ2n) is 6.55. The van der Waals surface area contributed by atoms with Gasteiger partial charge >= 0.3 is 0 Å². The Morgan fingerprint density at radius 2 is 1.86 bits per heavy atom. The SMILES string of the molecule is O=C(CCc1ncc(-c2ccccc2)o1)NC(c1ccc(Cl)cc1)c1cccs1. The van der Waals surface area contributed by atoms with Gasteiger partial charge in [0.1, 0.15) is 0 Å². The van der Waals surface area contributed by atoms with Crippen molar-refractivity contribution in [2.24, 2.45) is 0 Å². The summed E-state index contributed by atoms with van der Waals surface area (Å²) in [4.78, 5) is 18.0. The van der Waals surface area contributed by atoms with E-state index in [9.17, 15) is 4.79 Å². The molecule has 0 aliphatic carbocycles. The van der Waals surface area contributed by atoms with Crippen LogP contribution in [0.2, 0.25) is 5.02 Å². The first kappa shape index (κ1) is 19.4. The third kappa shape index (κ3) is 4.94. The molecule has 4 aromatic rings. The zero-order valence-electron chi connectivity index (χ0n) is 15.5. The van der Waals surface area contributed by atoms with E-state index in [-0.39, 0.29) is 11.9 Å². The lowest BCUT2D eigenvalue weighted by Gasteiger charge is -2.18. The third-order valence-corrected chi connectivity index (χ3v) is 5.70. The molecule has 2 heterocycles. The number of carbonyl (C=O) groups is 1. The first-order chi connectivity index (χ1) is 14.2. The van der Waals surface area contributed by atoms with Crippen LogP contribution < -0.4 is 5.32 Å². The van der Waals surface area contributed by atoms with Gasteiger partial charge in [-0.1, -0.05) is 60.1 Å². The molecule has 0 saturated carbocycles. The standard InChI is InChI=1S/C23H19ClN2O2S/c24-18-10-8-17(9-11-18)23(20-7-4-14-29-20)26-21(27)12-13-22-25-15-19(28-22)16-5-2-1-3-6-16/h1-11,14-15,23H,12-13H2,(H,26,27). The number of oxazole rings is 1. The number of nitrogens with zero attached hydrogens (tertiary/aromatic N) is 1. The molecule has 146 valence electrons. The highest BCUT2D eigenvalue weighted by Crippen LogP contribution is 2.27. The van der Waals surface area contributed by atoms with Crippen LogP contribution in [0, 0.1) is 0 Å². The van der Waals surface area contributed by atoms with E-state index in [1.807, 2.05) is 72.1 Å². The smallest absolute Gasteiger partial charge is 0.221 e. The van der Waals surface area contributed by atoms with Gasteiger partial charge in [0.2, 0.25) is 5.91 Å². The highest BCUT2D eigenvalue weighted by molar-refractivity contribution is 7.10. The number of aryl methyl sites for hydroxylation is 1. The molecule has 0 fully saturated rings. The normalized spacial score (nSPS) is 11.9. The molecular weight excluding hydrogens is 404 g/mol. The molecule has 4 nitrogen and oxygen atoms in total. The molecule has 0 bridgehead atoms. The van der Waals surface area contributed by atoms with E-state index in [1.165, 1.54) is 0 Å². The zero-order chi connectivity index (χ0) is 20.1. The predicted octanol–water partition coefficient (Wildman–Crippen LogP) is 5.89. The van der Waals surface area contributed by atoms with Crippen LogP contribution in [0.15, 0.2) is 82.7 Å². The van der Waals surface area contributed by atoms with E-state index in [0.29, 0.717) is 29.5 Å². The number of benzene rings is 2. The molecule has 29 heavy (non-hydrogen) atoms. The maximum absolute atomic E-state index is 12.6. The number of thiophene rings is 1. The molecule has 0 aliphatic rings. The van der Waals surface area contributed by atoms with E-state index in [0.717, 1.165) is 16.0 Å². The number of rotatable bonds is 7. The third-order valence-electron chi connectivity index (χ3n) is 4.51. The maximum Gasteiger partial charge on any atom is 0.221 e. The molecule has 0 aliphatic heterocycles. The Kier molecular flexibility index (Phi) is 6.08. The Labute approximate surface area is 178 Å². The van der Waals surface area contributed by atoms with Crippen LogP contribution in [0.25, 0.3) is 11.3 Å². The number of hydrogen-bond donors (Lipinski definition) is 1. The Bertz CT molecular complexity index is 1060. The van der Waals surface area contributed by atoms with Gasteiger partial charge in [-0.05, 0) is 29.1 Å². The van der Waals surface area contributed by atoms with Crippen LogP contribution in [0.5, 0.6) is 0 Å². The van der Waals surface area contributed by atoms with Crippen LogP contribution in [0.4, 0.5) is 0 Å². The minimum absolute atomic E-state index is 0.0576. The molecule has 0 spiro atoms. The number of aromatic nitrogens is 1. The largest absolute Gasteiger partial charge is 0.441 e. The summed E-state index contributed by atoms with van der Waals surface area (Å²) in [5.41, 5.74) is 1.96. The summed E-state index contributed by atoms with van der Waals surface area (Å²) in [7, 11) is 0. The minimum atomic E-state index is -0.204. The average molecular weight is 423 g/mol. The molecule has 0 saturated heterocycles. The van der Waals surface area contributed by atoms with Gasteiger partial charge in [0.15, 0.2) is 11.7 Å². The lowest BCUT2D eigenvalue weighted by Crippen LogP contribution is -2.29. The Balaban J connectivity index is 1.41. The predicted molar refractivity (Wildman–Crippen MR) is 116 cm³/mol. The first-order valence-electron chi connectivity index (χ1n) is 9.27. The van der Waals surface area contributed by atoms with Gasteiger partial charge in [-0.25, -0.2) is 4.98 Å². The fraction of sp³-hybridized carbons (Fsp3) is 0.130. The number of hydrogen-bond acceptors (Lipinski definition) is 4. The van der Waals surface area contributed by atoms with E-state index in [4.69, 9.17) is 16.0 Å². The maximum atomic E-state index is 12.6. The fourth-order valence-corrected chi connectivity index (χ4v) is 3.97. The molecule has 6 heteroatoms. The molecule has 1 N–H and O–H groups in total. The van der Waals surface area contributed by atoms with Crippen molar-refractivity contribution in [3.63, 3.8) is 0 Å². The molecule has 2 aromatic heterocycles. The molecule has 1 unspecified atom stereocenters. The molecule has 1 amide bonds. The Morgan fingerprint density at radius 3 is 2.59 bits per heavy atom. The summed E-state index contributed by atoms with van der Waals surface area (Å²) >= 11 is 7.62. The van der Waals surface area contributed by atoms with Crippen molar-refractivity contribution in [3.05, 3.63) is 99.7 Å². The molecule has 1 atom stereocenters. The van der Waals surface area contributed by atoms with Crippen LogP contribution in [0.1, 0.15) is 28.8 Å². The van der Waals surface area contributed by atoms with Crippen molar-refractivity contribution >= 4 is 28.8 Å². The summed E-state index contributed by atoms with van der Waals surface area (Å²) in [6.07, 6.45) is 2.44. The minimum Gasteiger partial charge on any atom is -0.441 e. The van der Waals surface area contributed by atoms with Crippen LogP contribution >= 0.6 is 22.9 Å². The number of amides is 1. The monoisotopic (exact) mass is 422 g/mol. The number of nitrogens with one attached hydrogen (secondary N) is 1. The lowest BCUT2D eigenvalue weighted by atomic mass is 10.1. The second-order valence-corrected chi connectivity index (χ2v) is 7.97. The van der Waals surface area contributed by atoms with Gasteiger partial charge < -0.3 is 9.73 Å². The summed E-state index contributed by atoms with van der Waals surface area (Å²) in [6, 6.07) is 21.1. The molecule has 2 aromatic carbocycles. The van der Waals surface area contributed by atoms with Crippen molar-refractivity contribution in [1.82, 2.24) is 10.3 Å². The van der Waals surface area contributed by atoms with Gasteiger partial charge in [0, 0.05) is 28.3 Å². The van der Waals surface area contributed by atoms with E-state index in [2.05, 4.69) is 10.3 Å². The van der Waals surface area contributed by atoms with E-state index >= 15 is 0 Å². The highest BCUT2D eigenvalue weighted by Gasteiger charge is 2.18. The van der Waals surface area contributed by atoms with Gasteiger partial charge in [0.05, 0.1) is 12.2 Å². The molecular formula is C23H19ClN2O2S. The van der Waals surface area contributed by atoms with Crippen molar-refractivity contribution in [3.8, 4) is 11.3 Å². The highest BCUT2D eigenvalue weighted by atomic mass is 35.5. The second kappa shape index (κ2) is 9.07. The first-order valence-corrected chi connectivity index (χ1v) is 10.5. The fourth-order valence-electron chi connectivity index (χ4n) is 3.04. The summed E-state index contributed by atoms with van der Waals surface area (Å²) < 4.78 is 5.79. The average Bonchev–Trinajstić information content (AvgIpc) is 3.44. The van der Waals surface area contributed by atoms with Crippen LogP contribution in [-0.4, -0.2) is 10.9 Å². The van der Waals surface area contributed by atoms with Crippen molar-refractivity contribution in [2.75, 3.05) is 0 Å². The molecule has 4 rings (SSSR count). The van der Waals surface area contributed by atoms with Crippen molar-refractivity contribution in [1.29, 1.82) is 0 Å². The molecule has 0 radical (unpaired) electrons. The van der Waals surface area contributed by atoms with Crippen LogP contribution in [-0.2, 0) is 11.2 Å². The topological polar surface area (TPSA) is 55.1 Å². The van der Waals surface area contributed by atoms with Crippen molar-refractivity contribution < 1.29 is 9.21 Å². The van der Waals surface area contributed by atoms with Gasteiger partial charge in [-0.2, -0.15) is 0 Å². The summed E-state index contributed by atoms with van der Waals surface area (Å²) in [5, 5.41) is 5.79. The summed E-state index contributed by atoms with van der Waals surface area (Å²) in [6.45, 7) is 0. The quantitative estimate of drug-likeness (QED) is 0.403. The number of carbonyl (C=O) groups excluding carboxylic acids is 1. The van der Waals surface area contributed by atoms with Gasteiger partial charge in [-0.15, -0.1) is 11.3 Å². The Morgan fingerprint density at radius 1 is 1.07 bits per heavy atom. The van der Waals surface area contributed by atoms with Gasteiger partial charge in [0.25, 0.3) is 0 Å².